The third-order valence-corrected chi connectivity index (χ3v) is 5.04. The van der Waals surface area contributed by atoms with Gasteiger partial charge in [-0.25, -0.2) is 9.37 Å². The highest BCUT2D eigenvalue weighted by atomic mass is 19.1. The van der Waals surface area contributed by atoms with E-state index < -0.39 is 0 Å². The summed E-state index contributed by atoms with van der Waals surface area (Å²) in [7, 11) is 0. The van der Waals surface area contributed by atoms with E-state index in [4.69, 9.17) is 0 Å². The molecule has 8 nitrogen and oxygen atoms in total. The average molecular weight is 383 g/mol. The fourth-order valence-electron chi connectivity index (χ4n) is 3.44. The molecule has 0 unspecified atom stereocenters. The third-order valence-electron chi connectivity index (χ3n) is 5.04. The SMILES string of the molecule is Cc1nc2ncnn2c(N2CCN(CC(=O)Nc3ccc(F)cc3)CC2)c1C. The number of benzene rings is 1. The zero-order valence-electron chi connectivity index (χ0n) is 15.9. The van der Waals surface area contributed by atoms with Gasteiger partial charge in [-0.2, -0.15) is 14.6 Å². The molecule has 1 aliphatic rings. The fourth-order valence-corrected chi connectivity index (χ4v) is 3.44. The van der Waals surface area contributed by atoms with E-state index in [9.17, 15) is 9.18 Å². The van der Waals surface area contributed by atoms with Gasteiger partial charge in [0, 0.05) is 43.1 Å². The molecule has 1 amide bonds. The minimum absolute atomic E-state index is 0.102. The monoisotopic (exact) mass is 383 g/mol. The number of aromatic nitrogens is 4. The first-order chi connectivity index (χ1) is 13.5. The van der Waals surface area contributed by atoms with Crippen LogP contribution >= 0.6 is 0 Å². The Morgan fingerprint density at radius 1 is 1.14 bits per heavy atom. The van der Waals surface area contributed by atoms with Crippen LogP contribution in [-0.2, 0) is 4.79 Å². The highest BCUT2D eigenvalue weighted by Crippen LogP contribution is 2.23. The van der Waals surface area contributed by atoms with Crippen molar-refractivity contribution in [3.8, 4) is 0 Å². The summed E-state index contributed by atoms with van der Waals surface area (Å²) in [4.78, 5) is 25.3. The lowest BCUT2D eigenvalue weighted by molar-refractivity contribution is -0.117. The van der Waals surface area contributed by atoms with Crippen LogP contribution in [-0.4, -0.2) is 63.1 Å². The van der Waals surface area contributed by atoms with Gasteiger partial charge in [0.05, 0.1) is 6.54 Å². The lowest BCUT2D eigenvalue weighted by Gasteiger charge is -2.36. The third kappa shape index (κ3) is 3.65. The highest BCUT2D eigenvalue weighted by Gasteiger charge is 2.23. The Bertz CT molecular complexity index is 993. The van der Waals surface area contributed by atoms with Crippen LogP contribution < -0.4 is 10.2 Å². The van der Waals surface area contributed by atoms with Crippen LogP contribution in [0.2, 0.25) is 0 Å². The van der Waals surface area contributed by atoms with E-state index in [0.717, 1.165) is 43.3 Å². The summed E-state index contributed by atoms with van der Waals surface area (Å²) >= 11 is 0. The number of rotatable bonds is 4. The summed E-state index contributed by atoms with van der Waals surface area (Å²) in [6.07, 6.45) is 1.51. The molecule has 1 N–H and O–H groups in total. The maximum absolute atomic E-state index is 13.0. The van der Waals surface area contributed by atoms with Crippen molar-refractivity contribution in [3.05, 3.63) is 47.7 Å². The number of nitrogens with zero attached hydrogens (tertiary/aromatic N) is 6. The molecule has 1 aliphatic heterocycles. The second kappa shape index (κ2) is 7.51. The maximum Gasteiger partial charge on any atom is 0.254 e. The standard InChI is InChI=1S/C19H22FN7O/c1-13-14(2)23-19-21-12-22-27(19)18(13)26-9-7-25(8-10-26)11-17(28)24-16-5-3-15(20)4-6-16/h3-6,12H,7-11H2,1-2H3,(H,24,28). The van der Waals surface area contributed by atoms with Crippen molar-refractivity contribution in [1.29, 1.82) is 0 Å². The number of anilines is 2. The summed E-state index contributed by atoms with van der Waals surface area (Å²) in [6, 6.07) is 5.78. The van der Waals surface area contributed by atoms with Crippen LogP contribution in [0.1, 0.15) is 11.3 Å². The number of hydrogen-bond donors (Lipinski definition) is 1. The predicted molar refractivity (Wildman–Crippen MR) is 104 cm³/mol. The first-order valence-electron chi connectivity index (χ1n) is 9.21. The average Bonchev–Trinajstić information content (AvgIpc) is 3.13. The van der Waals surface area contributed by atoms with E-state index in [1.54, 1.807) is 16.6 Å². The number of nitrogens with one attached hydrogen (secondary N) is 1. The summed E-state index contributed by atoms with van der Waals surface area (Å²) in [5.41, 5.74) is 2.62. The van der Waals surface area contributed by atoms with Crippen LogP contribution in [0.5, 0.6) is 0 Å². The van der Waals surface area contributed by atoms with Crippen molar-refractivity contribution >= 4 is 23.2 Å². The van der Waals surface area contributed by atoms with Crippen LogP contribution in [0.15, 0.2) is 30.6 Å². The number of carbonyl (C=O) groups excluding carboxylic acids is 1. The molecule has 28 heavy (non-hydrogen) atoms. The van der Waals surface area contributed by atoms with Crippen LogP contribution in [0.25, 0.3) is 5.78 Å². The molecule has 9 heteroatoms. The van der Waals surface area contributed by atoms with Gasteiger partial charge in [0.25, 0.3) is 5.78 Å². The molecule has 1 saturated heterocycles. The summed E-state index contributed by atoms with van der Waals surface area (Å²) in [5.74, 6) is 1.18. The van der Waals surface area contributed by atoms with Crippen LogP contribution in [0.3, 0.4) is 0 Å². The van der Waals surface area contributed by atoms with E-state index in [2.05, 4.69) is 30.2 Å². The predicted octanol–water partition coefficient (Wildman–Crippen LogP) is 1.64. The van der Waals surface area contributed by atoms with Crippen LogP contribution in [0, 0.1) is 19.7 Å². The maximum atomic E-state index is 13.0. The Kier molecular flexibility index (Phi) is 4.91. The number of hydrogen-bond acceptors (Lipinski definition) is 6. The molecule has 1 aromatic carbocycles. The van der Waals surface area contributed by atoms with E-state index >= 15 is 0 Å². The minimum Gasteiger partial charge on any atom is -0.354 e. The molecule has 3 heterocycles. The molecule has 0 saturated carbocycles. The first-order valence-corrected chi connectivity index (χ1v) is 9.21. The van der Waals surface area contributed by atoms with Crippen molar-refractivity contribution in [2.75, 3.05) is 42.9 Å². The minimum atomic E-state index is -0.322. The van der Waals surface area contributed by atoms with Crippen molar-refractivity contribution in [2.45, 2.75) is 13.8 Å². The van der Waals surface area contributed by atoms with Gasteiger partial charge in [-0.15, -0.1) is 0 Å². The van der Waals surface area contributed by atoms with Gasteiger partial charge in [0.1, 0.15) is 18.0 Å². The molecule has 2 aromatic heterocycles. The van der Waals surface area contributed by atoms with Gasteiger partial charge in [0.15, 0.2) is 0 Å². The Labute approximate surface area is 162 Å². The molecule has 0 bridgehead atoms. The van der Waals surface area contributed by atoms with E-state index in [1.165, 1.54) is 18.5 Å². The molecule has 0 radical (unpaired) electrons. The zero-order chi connectivity index (χ0) is 19.7. The molecule has 146 valence electrons. The topological polar surface area (TPSA) is 78.7 Å². The molecule has 0 aliphatic carbocycles. The van der Waals surface area contributed by atoms with Gasteiger partial charge in [-0.05, 0) is 38.1 Å². The Balaban J connectivity index is 1.39. The fraction of sp³-hybridized carbons (Fsp3) is 0.368. The Hall–Kier alpha value is -3.07. The smallest absolute Gasteiger partial charge is 0.254 e. The van der Waals surface area contributed by atoms with Crippen molar-refractivity contribution < 1.29 is 9.18 Å². The molecule has 0 atom stereocenters. The quantitative estimate of drug-likeness (QED) is 0.738. The van der Waals surface area contributed by atoms with Crippen molar-refractivity contribution in [2.24, 2.45) is 0 Å². The van der Waals surface area contributed by atoms with Gasteiger partial charge in [-0.1, -0.05) is 0 Å². The van der Waals surface area contributed by atoms with E-state index in [0.29, 0.717) is 18.0 Å². The Morgan fingerprint density at radius 3 is 2.57 bits per heavy atom. The second-order valence-electron chi connectivity index (χ2n) is 6.94. The van der Waals surface area contributed by atoms with Gasteiger partial charge in [-0.3, -0.25) is 9.69 Å². The number of halogens is 1. The highest BCUT2D eigenvalue weighted by molar-refractivity contribution is 5.92. The van der Waals surface area contributed by atoms with Crippen LogP contribution in [0.4, 0.5) is 15.9 Å². The number of amides is 1. The van der Waals surface area contributed by atoms with Gasteiger partial charge >= 0.3 is 0 Å². The molecular weight excluding hydrogens is 361 g/mol. The lowest BCUT2D eigenvalue weighted by Crippen LogP contribution is -2.49. The second-order valence-corrected chi connectivity index (χ2v) is 6.94. The summed E-state index contributed by atoms with van der Waals surface area (Å²) in [6.45, 7) is 7.40. The number of carbonyl (C=O) groups is 1. The largest absolute Gasteiger partial charge is 0.354 e. The normalized spacial score (nSPS) is 15.2. The number of fused-ring (bicyclic) bond motifs is 1. The van der Waals surface area contributed by atoms with E-state index in [1.807, 2.05) is 13.8 Å². The molecule has 4 rings (SSSR count). The molecule has 1 fully saturated rings. The van der Waals surface area contributed by atoms with Crippen molar-refractivity contribution in [1.82, 2.24) is 24.5 Å². The van der Waals surface area contributed by atoms with E-state index in [-0.39, 0.29) is 11.7 Å². The zero-order valence-corrected chi connectivity index (χ0v) is 15.9. The molecule has 3 aromatic rings. The molecular formula is C19H22FN7O. The van der Waals surface area contributed by atoms with Gasteiger partial charge < -0.3 is 10.2 Å². The lowest BCUT2D eigenvalue weighted by atomic mass is 10.2. The molecule has 0 spiro atoms. The summed E-state index contributed by atoms with van der Waals surface area (Å²) in [5, 5.41) is 7.12. The van der Waals surface area contributed by atoms with Gasteiger partial charge in [0.2, 0.25) is 5.91 Å². The first kappa shape index (κ1) is 18.3. The Morgan fingerprint density at radius 2 is 1.86 bits per heavy atom. The summed E-state index contributed by atoms with van der Waals surface area (Å²) < 4.78 is 14.7. The number of aryl methyl sites for hydroxylation is 1. The van der Waals surface area contributed by atoms with Crippen molar-refractivity contribution in [3.63, 3.8) is 0 Å². The number of piperazine rings is 1.